The molecule has 1 aromatic rings. The molecule has 0 saturated heterocycles. The molecule has 1 aliphatic carbocycles. The highest BCUT2D eigenvalue weighted by Crippen LogP contribution is 2.24. The summed E-state index contributed by atoms with van der Waals surface area (Å²) >= 11 is 5.80. The van der Waals surface area contributed by atoms with E-state index in [1.165, 1.54) is 13.2 Å². The zero-order valence-corrected chi connectivity index (χ0v) is 11.2. The van der Waals surface area contributed by atoms with Gasteiger partial charge in [-0.1, -0.05) is 11.6 Å². The van der Waals surface area contributed by atoms with Gasteiger partial charge in [-0.2, -0.15) is 0 Å². The number of hydrogen-bond acceptors (Lipinski definition) is 4. The normalized spacial score (nSPS) is 18.7. The zero-order chi connectivity index (χ0) is 13.8. The van der Waals surface area contributed by atoms with E-state index in [0.29, 0.717) is 17.9 Å². The lowest BCUT2D eigenvalue weighted by Crippen LogP contribution is -2.28. The lowest BCUT2D eigenvalue weighted by atomic mass is 9.91. The van der Waals surface area contributed by atoms with Gasteiger partial charge in [-0.15, -0.1) is 0 Å². The number of halogens is 1. The van der Waals surface area contributed by atoms with Crippen LogP contribution in [-0.4, -0.2) is 18.9 Å². The summed E-state index contributed by atoms with van der Waals surface area (Å²) in [6.07, 6.45) is 2.58. The lowest BCUT2D eigenvalue weighted by Gasteiger charge is -2.20. The minimum Gasteiger partial charge on any atom is -0.468 e. The molecule has 0 aliphatic heterocycles. The number of esters is 1. The van der Waals surface area contributed by atoms with E-state index < -0.39 is 11.9 Å². The van der Waals surface area contributed by atoms with Crippen LogP contribution in [0.1, 0.15) is 12.8 Å². The van der Waals surface area contributed by atoms with Gasteiger partial charge >= 0.3 is 5.97 Å². The van der Waals surface area contributed by atoms with Crippen molar-refractivity contribution in [3.8, 4) is 0 Å². The van der Waals surface area contributed by atoms with Crippen LogP contribution in [0.2, 0.25) is 5.02 Å². The fourth-order valence-corrected chi connectivity index (χ4v) is 2.11. The van der Waals surface area contributed by atoms with Crippen LogP contribution in [-0.2, 0) is 14.3 Å². The molecule has 0 bridgehead atoms. The molecule has 0 heterocycles. The molecule has 0 radical (unpaired) electrons. The van der Waals surface area contributed by atoms with Crippen molar-refractivity contribution in [3.63, 3.8) is 0 Å². The quantitative estimate of drug-likeness (QED) is 0.683. The smallest absolute Gasteiger partial charge is 0.316 e. The number of carbonyl (C=O) groups is 2. The van der Waals surface area contributed by atoms with E-state index in [9.17, 15) is 9.59 Å². The third-order valence-electron chi connectivity index (χ3n) is 3.00. The minimum absolute atomic E-state index is 0.213. The number of carbonyl (C=O) groups excluding carboxylic acids is 2. The molecule has 4 nitrogen and oxygen atoms in total. The molecule has 0 fully saturated rings. The second-order valence-corrected chi connectivity index (χ2v) is 4.75. The van der Waals surface area contributed by atoms with Gasteiger partial charge in [0.15, 0.2) is 5.78 Å². The molecule has 1 aromatic carbocycles. The molecule has 0 aromatic heterocycles. The summed E-state index contributed by atoms with van der Waals surface area (Å²) in [5.74, 6) is -1.35. The topological polar surface area (TPSA) is 55.4 Å². The van der Waals surface area contributed by atoms with Crippen molar-refractivity contribution in [2.45, 2.75) is 12.8 Å². The van der Waals surface area contributed by atoms with E-state index in [2.05, 4.69) is 10.1 Å². The molecule has 0 amide bonds. The molecule has 1 N–H and O–H groups in total. The molecular weight excluding hydrogens is 266 g/mol. The fourth-order valence-electron chi connectivity index (χ4n) is 1.98. The maximum atomic E-state index is 11.8. The Bertz CT molecular complexity index is 522. The first-order chi connectivity index (χ1) is 9.10. The average molecular weight is 280 g/mol. The number of benzene rings is 1. The lowest BCUT2D eigenvalue weighted by molar-refractivity contribution is -0.148. The third kappa shape index (κ3) is 3.35. The number of ether oxygens (including phenoxy) is 1. The second-order valence-electron chi connectivity index (χ2n) is 4.32. The Morgan fingerprint density at radius 2 is 2.05 bits per heavy atom. The summed E-state index contributed by atoms with van der Waals surface area (Å²) in [4.78, 5) is 23.2. The van der Waals surface area contributed by atoms with Gasteiger partial charge in [0.25, 0.3) is 0 Å². The van der Waals surface area contributed by atoms with Crippen LogP contribution in [0.25, 0.3) is 0 Å². The molecule has 0 spiro atoms. The summed E-state index contributed by atoms with van der Waals surface area (Å²) in [5, 5.41) is 3.80. The van der Waals surface area contributed by atoms with E-state index in [4.69, 9.17) is 11.6 Å². The molecule has 1 atom stereocenters. The van der Waals surface area contributed by atoms with Crippen LogP contribution in [0.5, 0.6) is 0 Å². The molecule has 0 saturated carbocycles. The van der Waals surface area contributed by atoms with Gasteiger partial charge in [0.1, 0.15) is 5.92 Å². The number of nitrogens with one attached hydrogen (secondary N) is 1. The summed E-state index contributed by atoms with van der Waals surface area (Å²) in [7, 11) is 1.29. The number of hydrogen-bond donors (Lipinski definition) is 1. The summed E-state index contributed by atoms with van der Waals surface area (Å²) < 4.78 is 4.60. The molecule has 1 aliphatic rings. The summed E-state index contributed by atoms with van der Waals surface area (Å²) in [5.41, 5.74) is 1.66. The van der Waals surface area contributed by atoms with Crippen molar-refractivity contribution in [3.05, 3.63) is 41.1 Å². The molecule has 2 rings (SSSR count). The Hall–Kier alpha value is -1.81. The minimum atomic E-state index is -0.666. The van der Waals surface area contributed by atoms with E-state index in [1.54, 1.807) is 12.1 Å². The van der Waals surface area contributed by atoms with Gasteiger partial charge in [-0.05, 0) is 37.1 Å². The number of ketones is 1. The van der Waals surface area contributed by atoms with Gasteiger partial charge in [-0.25, -0.2) is 0 Å². The van der Waals surface area contributed by atoms with Gasteiger partial charge < -0.3 is 10.1 Å². The zero-order valence-electron chi connectivity index (χ0n) is 10.5. The number of rotatable bonds is 3. The van der Waals surface area contributed by atoms with Gasteiger partial charge in [0.05, 0.1) is 7.11 Å². The van der Waals surface area contributed by atoms with Gasteiger partial charge in [-0.3, -0.25) is 9.59 Å². The Morgan fingerprint density at radius 1 is 1.37 bits per heavy atom. The van der Waals surface area contributed by atoms with Crippen molar-refractivity contribution < 1.29 is 14.3 Å². The van der Waals surface area contributed by atoms with Crippen LogP contribution in [0.3, 0.4) is 0 Å². The molecule has 100 valence electrons. The Labute approximate surface area is 116 Å². The maximum Gasteiger partial charge on any atom is 0.316 e. The first kappa shape index (κ1) is 13.6. The van der Waals surface area contributed by atoms with Crippen molar-refractivity contribution in [1.29, 1.82) is 0 Å². The Morgan fingerprint density at radius 3 is 2.63 bits per heavy atom. The maximum absolute atomic E-state index is 11.8. The number of methoxy groups -OCH3 is 1. The SMILES string of the molecule is COC(=O)C1CCC(Nc2ccc(Cl)cc2)=CC1=O. The first-order valence-corrected chi connectivity index (χ1v) is 6.33. The van der Waals surface area contributed by atoms with Crippen molar-refractivity contribution in [2.75, 3.05) is 12.4 Å². The molecular formula is C14H14ClNO3. The Kier molecular flexibility index (Phi) is 4.22. The Balaban J connectivity index is 2.05. The molecule has 5 heteroatoms. The monoisotopic (exact) mass is 279 g/mol. The number of anilines is 1. The molecule has 1 unspecified atom stereocenters. The predicted molar refractivity (Wildman–Crippen MR) is 72.9 cm³/mol. The van der Waals surface area contributed by atoms with Crippen LogP contribution < -0.4 is 5.32 Å². The van der Waals surface area contributed by atoms with Crippen molar-refractivity contribution in [1.82, 2.24) is 0 Å². The first-order valence-electron chi connectivity index (χ1n) is 5.95. The summed E-state index contributed by atoms with van der Waals surface area (Å²) in [6, 6.07) is 7.21. The van der Waals surface area contributed by atoms with Crippen LogP contribution in [0.4, 0.5) is 5.69 Å². The standard InChI is InChI=1S/C14H14ClNO3/c1-19-14(18)12-7-6-11(8-13(12)17)16-10-4-2-9(15)3-5-10/h2-5,8,12,16H,6-7H2,1H3. The van der Waals surface area contributed by atoms with E-state index in [-0.39, 0.29) is 5.78 Å². The van der Waals surface area contributed by atoms with Crippen LogP contribution >= 0.6 is 11.6 Å². The average Bonchev–Trinajstić information content (AvgIpc) is 2.41. The van der Waals surface area contributed by atoms with E-state index >= 15 is 0 Å². The third-order valence-corrected chi connectivity index (χ3v) is 3.25. The van der Waals surface area contributed by atoms with Gasteiger partial charge in [0.2, 0.25) is 0 Å². The summed E-state index contributed by atoms with van der Waals surface area (Å²) in [6.45, 7) is 0. The van der Waals surface area contributed by atoms with Crippen molar-refractivity contribution in [2.24, 2.45) is 5.92 Å². The highest BCUT2D eigenvalue weighted by molar-refractivity contribution is 6.30. The van der Waals surface area contributed by atoms with Crippen LogP contribution in [0, 0.1) is 5.92 Å². The fraction of sp³-hybridized carbons (Fsp3) is 0.286. The largest absolute Gasteiger partial charge is 0.468 e. The van der Waals surface area contributed by atoms with Crippen molar-refractivity contribution >= 4 is 29.0 Å². The van der Waals surface area contributed by atoms with E-state index in [1.807, 2.05) is 12.1 Å². The number of allylic oxidation sites excluding steroid dienone is 2. The molecule has 19 heavy (non-hydrogen) atoms. The van der Waals surface area contributed by atoms with E-state index in [0.717, 1.165) is 11.4 Å². The van der Waals surface area contributed by atoms with Crippen LogP contribution in [0.15, 0.2) is 36.0 Å². The van der Waals surface area contributed by atoms with Gasteiger partial charge in [0, 0.05) is 22.5 Å². The highest BCUT2D eigenvalue weighted by Gasteiger charge is 2.29. The highest BCUT2D eigenvalue weighted by atomic mass is 35.5. The second kappa shape index (κ2) is 5.89. The predicted octanol–water partition coefficient (Wildman–Crippen LogP) is 2.79.